The molecule has 0 bridgehead atoms. The molecule has 3 saturated carbocycles. The molecule has 2 N–H and O–H groups in total. The van der Waals surface area contributed by atoms with Gasteiger partial charge in [-0.1, -0.05) is 55.8 Å². The summed E-state index contributed by atoms with van der Waals surface area (Å²) in [5.41, 5.74) is 4.41. The number of phenolic OH excluding ortho intramolecular Hbond substituents is 2. The summed E-state index contributed by atoms with van der Waals surface area (Å²) in [4.78, 5) is 24.8. The molecule has 4 aliphatic rings. The van der Waals surface area contributed by atoms with Crippen LogP contribution in [0.3, 0.4) is 0 Å². The van der Waals surface area contributed by atoms with Crippen molar-refractivity contribution in [2.75, 3.05) is 0 Å². The van der Waals surface area contributed by atoms with Crippen LogP contribution in [-0.2, 0) is 16.1 Å². The molecular formula is C34H40O5. The summed E-state index contributed by atoms with van der Waals surface area (Å²) in [5, 5.41) is 21.2. The fourth-order valence-corrected chi connectivity index (χ4v) is 8.94. The van der Waals surface area contributed by atoms with Crippen LogP contribution in [0.2, 0.25) is 0 Å². The minimum Gasteiger partial charge on any atom is -0.504 e. The van der Waals surface area contributed by atoms with Crippen LogP contribution in [0.1, 0.15) is 86.7 Å². The van der Waals surface area contributed by atoms with Crippen LogP contribution >= 0.6 is 0 Å². The highest BCUT2D eigenvalue weighted by Crippen LogP contribution is 2.64. The Balaban J connectivity index is 1.24. The summed E-state index contributed by atoms with van der Waals surface area (Å²) < 4.78 is 6.52. The van der Waals surface area contributed by atoms with Crippen molar-refractivity contribution in [2.45, 2.75) is 84.8 Å². The van der Waals surface area contributed by atoms with Crippen molar-refractivity contribution >= 4 is 12.1 Å². The topological polar surface area (TPSA) is 83.8 Å². The highest BCUT2D eigenvalue weighted by molar-refractivity contribution is 5.90. The van der Waals surface area contributed by atoms with Crippen molar-refractivity contribution in [2.24, 2.45) is 28.6 Å². The first-order valence-corrected chi connectivity index (χ1v) is 14.6. The number of hydrogen-bond donors (Lipinski definition) is 2. The van der Waals surface area contributed by atoms with Gasteiger partial charge < -0.3 is 14.9 Å². The van der Waals surface area contributed by atoms with E-state index in [1.165, 1.54) is 5.57 Å². The van der Waals surface area contributed by atoms with Crippen LogP contribution in [0.15, 0.2) is 42.0 Å². The number of ketones is 1. The van der Waals surface area contributed by atoms with E-state index in [1.807, 2.05) is 30.3 Å². The molecule has 0 amide bonds. The van der Waals surface area contributed by atoms with E-state index in [0.717, 1.165) is 62.5 Å². The monoisotopic (exact) mass is 528 g/mol. The highest BCUT2D eigenvalue weighted by atomic mass is 16.5. The summed E-state index contributed by atoms with van der Waals surface area (Å²) in [6.45, 7) is 6.63. The average Bonchev–Trinajstić information content (AvgIpc) is 3.25. The van der Waals surface area contributed by atoms with E-state index < -0.39 is 0 Å². The lowest BCUT2D eigenvalue weighted by Gasteiger charge is -2.57. The molecule has 0 radical (unpaired) electrons. The second-order valence-corrected chi connectivity index (χ2v) is 12.9. The predicted molar refractivity (Wildman–Crippen MR) is 151 cm³/mol. The first-order chi connectivity index (χ1) is 18.7. The van der Waals surface area contributed by atoms with Gasteiger partial charge in [-0.2, -0.15) is 0 Å². The molecule has 39 heavy (non-hydrogen) atoms. The molecule has 6 rings (SSSR count). The normalized spacial score (nSPS) is 33.6. The number of rotatable bonds is 5. The third-order valence-corrected chi connectivity index (χ3v) is 11.2. The van der Waals surface area contributed by atoms with Gasteiger partial charge in [0, 0.05) is 23.0 Å². The third-order valence-electron chi connectivity index (χ3n) is 11.2. The van der Waals surface area contributed by atoms with E-state index in [2.05, 4.69) is 19.9 Å². The molecule has 0 aliphatic heterocycles. The minimum absolute atomic E-state index is 0.0298. The van der Waals surface area contributed by atoms with Gasteiger partial charge in [-0.05, 0) is 86.2 Å². The van der Waals surface area contributed by atoms with Gasteiger partial charge in [-0.15, -0.1) is 0 Å². The second-order valence-electron chi connectivity index (χ2n) is 12.9. The largest absolute Gasteiger partial charge is 0.504 e. The molecule has 5 heteroatoms. The van der Waals surface area contributed by atoms with Gasteiger partial charge in [0.25, 0.3) is 0 Å². The molecule has 0 unspecified atom stereocenters. The Hall–Kier alpha value is -2.92. The van der Waals surface area contributed by atoms with Crippen molar-refractivity contribution in [1.29, 1.82) is 0 Å². The Labute approximate surface area is 231 Å². The number of carbonyl (C=O) groups is 2. The molecule has 2 aromatic carbocycles. The molecule has 4 aliphatic carbocycles. The van der Waals surface area contributed by atoms with Gasteiger partial charge in [-0.3, -0.25) is 9.59 Å². The van der Waals surface area contributed by atoms with E-state index >= 15 is 0 Å². The molecule has 206 valence electrons. The van der Waals surface area contributed by atoms with Crippen LogP contribution in [0.25, 0.3) is 11.1 Å². The number of fused-ring (bicyclic) bond motifs is 5. The number of aromatic hydroxyl groups is 2. The van der Waals surface area contributed by atoms with Gasteiger partial charge in [0.05, 0.1) is 18.3 Å². The first-order valence-electron chi connectivity index (χ1n) is 14.6. The molecular weight excluding hydrogens is 488 g/mol. The summed E-state index contributed by atoms with van der Waals surface area (Å²) >= 11 is 0. The fourth-order valence-electron chi connectivity index (χ4n) is 8.94. The Morgan fingerprint density at radius 1 is 1.00 bits per heavy atom. The van der Waals surface area contributed by atoms with Crippen LogP contribution in [0.5, 0.6) is 11.5 Å². The van der Waals surface area contributed by atoms with Crippen LogP contribution < -0.4 is 0 Å². The lowest BCUT2D eigenvalue weighted by molar-refractivity contribution is -0.132. The average molecular weight is 529 g/mol. The van der Waals surface area contributed by atoms with Gasteiger partial charge >= 0.3 is 0 Å². The maximum absolute atomic E-state index is 12.7. The van der Waals surface area contributed by atoms with Gasteiger partial charge in [0.2, 0.25) is 0 Å². The van der Waals surface area contributed by atoms with Gasteiger partial charge in [-0.25, -0.2) is 0 Å². The van der Waals surface area contributed by atoms with E-state index in [-0.39, 0.29) is 40.6 Å². The SMILES string of the molecule is Cc1c(O)c(O)c(C=O)c(CO[C@H]2CC[C@@]3(C)C(=CC[C@@H]4[C@@H]3CC[C@]3(C)C(=O)CC[C@@H]43)C2)c1-c1ccccc1. The number of aldehydes is 1. The Morgan fingerprint density at radius 2 is 1.72 bits per heavy atom. The number of hydrogen-bond acceptors (Lipinski definition) is 5. The number of carbonyl (C=O) groups excluding carboxylic acids is 2. The molecule has 6 atom stereocenters. The van der Waals surface area contributed by atoms with E-state index in [4.69, 9.17) is 4.74 Å². The molecule has 3 fully saturated rings. The second kappa shape index (κ2) is 9.62. The zero-order valence-electron chi connectivity index (χ0n) is 23.3. The smallest absolute Gasteiger partial charge is 0.168 e. The van der Waals surface area contributed by atoms with Crippen LogP contribution in [0.4, 0.5) is 0 Å². The third kappa shape index (κ3) is 3.99. The Bertz CT molecular complexity index is 1340. The number of Topliss-reactive ketones (excluding diaryl/α,β-unsaturated/α-hetero) is 1. The molecule has 5 nitrogen and oxygen atoms in total. The van der Waals surface area contributed by atoms with Crippen LogP contribution in [0, 0.1) is 35.5 Å². The summed E-state index contributed by atoms with van der Waals surface area (Å²) in [6, 6.07) is 9.65. The van der Waals surface area contributed by atoms with Crippen molar-refractivity contribution in [3.05, 3.63) is 58.7 Å². The van der Waals surface area contributed by atoms with E-state index in [9.17, 15) is 19.8 Å². The van der Waals surface area contributed by atoms with Crippen molar-refractivity contribution in [3.63, 3.8) is 0 Å². The Kier molecular flexibility index (Phi) is 6.49. The highest BCUT2D eigenvalue weighted by Gasteiger charge is 2.58. The number of allylic oxidation sites excluding steroid dienone is 1. The molecule has 0 heterocycles. The maximum atomic E-state index is 12.7. The van der Waals surface area contributed by atoms with Crippen molar-refractivity contribution < 1.29 is 24.5 Å². The van der Waals surface area contributed by atoms with E-state index in [0.29, 0.717) is 41.0 Å². The Morgan fingerprint density at radius 3 is 2.46 bits per heavy atom. The van der Waals surface area contributed by atoms with Gasteiger partial charge in [0.15, 0.2) is 17.8 Å². The summed E-state index contributed by atoms with van der Waals surface area (Å²) in [5.74, 6) is 1.60. The first kappa shape index (κ1) is 26.3. The fraction of sp³-hybridized carbons (Fsp3) is 0.529. The zero-order valence-corrected chi connectivity index (χ0v) is 23.3. The lowest BCUT2D eigenvalue weighted by Crippen LogP contribution is -2.50. The molecule has 0 saturated heterocycles. The number of phenols is 2. The quantitative estimate of drug-likeness (QED) is 0.242. The van der Waals surface area contributed by atoms with Gasteiger partial charge in [0.1, 0.15) is 5.78 Å². The zero-order chi connectivity index (χ0) is 27.5. The minimum atomic E-state index is -0.382. The predicted octanol–water partition coefficient (Wildman–Crippen LogP) is 7.30. The number of benzene rings is 2. The lowest BCUT2D eigenvalue weighted by atomic mass is 9.48. The number of ether oxygens (including phenoxy) is 1. The molecule has 0 aromatic heterocycles. The van der Waals surface area contributed by atoms with Crippen molar-refractivity contribution in [1.82, 2.24) is 0 Å². The molecule has 0 spiro atoms. The van der Waals surface area contributed by atoms with E-state index in [1.54, 1.807) is 6.92 Å². The summed E-state index contributed by atoms with van der Waals surface area (Å²) in [6.07, 6.45) is 11.0. The van der Waals surface area contributed by atoms with Crippen molar-refractivity contribution in [3.8, 4) is 22.6 Å². The summed E-state index contributed by atoms with van der Waals surface area (Å²) in [7, 11) is 0. The van der Waals surface area contributed by atoms with Crippen LogP contribution in [-0.4, -0.2) is 28.4 Å². The molecule has 2 aromatic rings. The standard InChI is InChI=1S/C34H40O5/c1-20-30(21-7-5-4-6-8-21)26(25(18-35)32(38)31(20)37)19-39-23-13-15-33(2)22(17-23)9-10-24-27-11-12-29(36)34(27,3)16-14-28(24)33/h4-9,18,23-24,27-28,37-38H,10-17,19H2,1-3H3/t23-,24-,27-,28-,33-,34-/m0/s1. The maximum Gasteiger partial charge on any atom is 0.168 e.